The molecule has 3 aromatic rings. The Labute approximate surface area is 254 Å². The number of rotatable bonds is 9. The average molecular weight is 634 g/mol. The van der Waals surface area contributed by atoms with Gasteiger partial charge in [0.1, 0.15) is 34.5 Å². The minimum Gasteiger partial charge on any atom is -0.427 e. The summed E-state index contributed by atoms with van der Waals surface area (Å²) in [4.78, 5) is 0. The minimum atomic E-state index is -1.46. The van der Waals surface area contributed by atoms with Crippen molar-refractivity contribution in [2.24, 2.45) is 0 Å². The van der Waals surface area contributed by atoms with E-state index in [-0.39, 0.29) is 0 Å². The second-order valence-corrected chi connectivity index (χ2v) is 13.3. The fourth-order valence-electron chi connectivity index (χ4n) is 4.07. The van der Waals surface area contributed by atoms with Gasteiger partial charge in [0.05, 0.1) is 0 Å². The Bertz CT molecular complexity index is 1030. The van der Waals surface area contributed by atoms with Crippen LogP contribution in [0.25, 0.3) is 0 Å². The number of hydrogen-bond acceptors (Lipinski definition) is 9. The van der Waals surface area contributed by atoms with Gasteiger partial charge in [-0.15, -0.1) is 0 Å². The number of fused-ring (bicyclic) bond motifs is 6. The molecule has 0 N–H and O–H groups in total. The van der Waals surface area contributed by atoms with E-state index < -0.39 is 25.6 Å². The van der Waals surface area contributed by atoms with Crippen molar-refractivity contribution >= 4 is 25.6 Å². The van der Waals surface area contributed by atoms with Crippen LogP contribution in [0, 0.1) is 0 Å². The van der Waals surface area contributed by atoms with E-state index in [9.17, 15) is 0 Å². The molecule has 0 atom stereocenters. The first-order valence-electron chi connectivity index (χ1n) is 14.5. The summed E-state index contributed by atoms with van der Waals surface area (Å²) in [6, 6.07) is 23.0. The van der Waals surface area contributed by atoms with E-state index in [1.165, 1.54) is 0 Å². The second-order valence-electron chi connectivity index (χ2n) is 9.10. The molecule has 0 aromatic heterocycles. The summed E-state index contributed by atoms with van der Waals surface area (Å²) in [6.07, 6.45) is 0. The second kappa shape index (κ2) is 16.5. The third kappa shape index (κ3) is 8.83. The zero-order valence-electron chi connectivity index (χ0n) is 25.3. The highest BCUT2D eigenvalue weighted by Gasteiger charge is 2.28. The van der Waals surface area contributed by atoms with Gasteiger partial charge in [-0.3, -0.25) is 0 Å². The molecule has 0 aliphatic carbocycles. The first-order chi connectivity index (χ1) is 20.5. The molecule has 0 amide bonds. The zero-order chi connectivity index (χ0) is 29.9. The SMILES string of the molecule is CCN(CC)P1Oc2cccc(c2)OP(N(CC)CC)Oc2cccc(c2)OP(N(CC)CC)Oc2cccc(c2)O1. The van der Waals surface area contributed by atoms with Gasteiger partial charge < -0.3 is 27.1 Å². The fourth-order valence-corrected chi connectivity index (χ4v) is 8.02. The molecule has 1 heterocycles. The zero-order valence-corrected chi connectivity index (χ0v) is 28.0. The van der Waals surface area contributed by atoms with Crippen molar-refractivity contribution in [3.8, 4) is 34.5 Å². The molecule has 1 aliphatic heterocycles. The van der Waals surface area contributed by atoms with E-state index in [4.69, 9.17) is 27.1 Å². The Kier molecular flexibility index (Phi) is 12.8. The van der Waals surface area contributed by atoms with E-state index in [1.807, 2.05) is 72.8 Å². The Morgan fingerprint density at radius 1 is 0.381 bits per heavy atom. The van der Waals surface area contributed by atoms with Crippen molar-refractivity contribution in [3.05, 3.63) is 72.8 Å². The van der Waals surface area contributed by atoms with Crippen LogP contribution in [-0.2, 0) is 0 Å². The summed E-state index contributed by atoms with van der Waals surface area (Å²) in [7, 11) is -4.39. The van der Waals surface area contributed by atoms with Gasteiger partial charge in [0, 0.05) is 57.5 Å². The standard InChI is InChI=1S/C30H42N3O6P3/c1-7-31(8-2)40-34-25-16-13-18-27(22-25)36-41(32(9-3)10-4)38-29-20-15-21-30(24-29)39-42(33(11-5)12-6)37-28-19-14-17-26(23-28)35-40/h13-24H,7-12H2,1-6H3. The summed E-state index contributed by atoms with van der Waals surface area (Å²) < 4.78 is 45.4. The largest absolute Gasteiger partial charge is 0.427 e. The molecule has 0 radical (unpaired) electrons. The molecule has 0 unspecified atom stereocenters. The third-order valence-corrected chi connectivity index (χ3v) is 11.7. The normalized spacial score (nSPS) is 18.9. The van der Waals surface area contributed by atoms with E-state index in [1.54, 1.807) is 0 Å². The molecule has 42 heavy (non-hydrogen) atoms. The molecule has 3 aromatic carbocycles. The highest BCUT2D eigenvalue weighted by atomic mass is 31.2. The summed E-state index contributed by atoms with van der Waals surface area (Å²) in [6.45, 7) is 17.2. The van der Waals surface area contributed by atoms with Gasteiger partial charge in [-0.1, -0.05) is 59.7 Å². The van der Waals surface area contributed by atoms with Gasteiger partial charge in [-0.2, -0.15) is 0 Å². The fraction of sp³-hybridized carbons (Fsp3) is 0.400. The Hall–Kier alpha value is -2.37. The molecule has 4 rings (SSSR count). The lowest BCUT2D eigenvalue weighted by atomic mass is 10.3. The number of benzene rings is 3. The summed E-state index contributed by atoms with van der Waals surface area (Å²) in [5, 5.41) is 0. The third-order valence-electron chi connectivity index (χ3n) is 6.40. The molecular weight excluding hydrogens is 591 g/mol. The summed E-state index contributed by atoms with van der Waals surface area (Å²) in [5.41, 5.74) is 0. The van der Waals surface area contributed by atoms with Gasteiger partial charge in [0.25, 0.3) is 0 Å². The van der Waals surface area contributed by atoms with Crippen LogP contribution in [0.3, 0.4) is 0 Å². The lowest BCUT2D eigenvalue weighted by molar-refractivity contribution is 0.361. The predicted molar refractivity (Wildman–Crippen MR) is 173 cm³/mol. The molecule has 1 aliphatic rings. The molecule has 0 saturated carbocycles. The number of nitrogens with zero attached hydrogens (tertiary/aromatic N) is 3. The first kappa shape index (κ1) is 32.5. The van der Waals surface area contributed by atoms with Crippen molar-refractivity contribution in [3.63, 3.8) is 0 Å². The maximum Gasteiger partial charge on any atom is 0.384 e. The minimum absolute atomic E-state index is 0.661. The molecule has 0 saturated heterocycles. The van der Waals surface area contributed by atoms with Gasteiger partial charge in [-0.05, 0) is 36.4 Å². The Balaban J connectivity index is 1.78. The first-order valence-corrected chi connectivity index (χ1v) is 17.9. The Morgan fingerprint density at radius 3 is 0.738 bits per heavy atom. The van der Waals surface area contributed by atoms with Crippen LogP contribution >= 0.6 is 25.6 Å². The van der Waals surface area contributed by atoms with Crippen molar-refractivity contribution in [1.82, 2.24) is 14.0 Å². The summed E-state index contributed by atoms with van der Waals surface area (Å²) >= 11 is 0. The van der Waals surface area contributed by atoms with E-state index in [0.717, 1.165) is 39.3 Å². The summed E-state index contributed by atoms with van der Waals surface area (Å²) in [5.74, 6) is 3.97. The smallest absolute Gasteiger partial charge is 0.384 e. The molecule has 228 valence electrons. The Morgan fingerprint density at radius 2 is 0.571 bits per heavy atom. The lowest BCUT2D eigenvalue weighted by Crippen LogP contribution is -2.23. The maximum absolute atomic E-state index is 6.49. The van der Waals surface area contributed by atoms with Crippen LogP contribution in [-0.4, -0.2) is 53.3 Å². The van der Waals surface area contributed by atoms with Crippen LogP contribution in [0.2, 0.25) is 0 Å². The van der Waals surface area contributed by atoms with Crippen LogP contribution < -0.4 is 27.1 Å². The molecular formula is C30H42N3O6P3. The maximum atomic E-state index is 6.49. The highest BCUT2D eigenvalue weighted by Crippen LogP contribution is 2.50. The number of hydrogen-bond donors (Lipinski definition) is 0. The predicted octanol–water partition coefficient (Wildman–Crippen LogP) is 9.08. The van der Waals surface area contributed by atoms with E-state index >= 15 is 0 Å². The molecule has 0 fully saturated rings. The quantitative estimate of drug-likeness (QED) is 0.215. The monoisotopic (exact) mass is 633 g/mol. The molecule has 0 spiro atoms. The van der Waals surface area contributed by atoms with E-state index in [2.05, 4.69) is 55.6 Å². The van der Waals surface area contributed by atoms with Gasteiger partial charge in [-0.25, -0.2) is 14.0 Å². The van der Waals surface area contributed by atoms with Crippen LogP contribution in [0.1, 0.15) is 41.5 Å². The van der Waals surface area contributed by atoms with Crippen LogP contribution in [0.15, 0.2) is 72.8 Å². The van der Waals surface area contributed by atoms with Crippen molar-refractivity contribution in [2.45, 2.75) is 41.5 Å². The van der Waals surface area contributed by atoms with Gasteiger partial charge in [0.2, 0.25) is 0 Å². The van der Waals surface area contributed by atoms with Crippen molar-refractivity contribution < 1.29 is 27.1 Å². The van der Waals surface area contributed by atoms with Crippen molar-refractivity contribution in [1.29, 1.82) is 0 Å². The molecule has 6 bridgehead atoms. The highest BCUT2D eigenvalue weighted by molar-refractivity contribution is 7.46. The van der Waals surface area contributed by atoms with E-state index in [0.29, 0.717) is 34.5 Å². The lowest BCUT2D eigenvalue weighted by Gasteiger charge is -2.30. The van der Waals surface area contributed by atoms with Gasteiger partial charge >= 0.3 is 25.6 Å². The average Bonchev–Trinajstić information content (AvgIpc) is 2.99. The van der Waals surface area contributed by atoms with Crippen molar-refractivity contribution in [2.75, 3.05) is 39.3 Å². The van der Waals surface area contributed by atoms with Crippen LogP contribution in [0.4, 0.5) is 0 Å². The molecule has 12 heteroatoms. The van der Waals surface area contributed by atoms with Crippen LogP contribution in [0.5, 0.6) is 34.5 Å². The topological polar surface area (TPSA) is 65.1 Å². The molecule has 9 nitrogen and oxygen atoms in total. The van der Waals surface area contributed by atoms with Gasteiger partial charge in [0.15, 0.2) is 0 Å².